The van der Waals surface area contributed by atoms with Gasteiger partial charge < -0.3 is 20.1 Å². The maximum absolute atomic E-state index is 13.2. The van der Waals surface area contributed by atoms with Crippen LogP contribution in [-0.2, 0) is 14.3 Å². The van der Waals surface area contributed by atoms with Gasteiger partial charge in [0.15, 0.2) is 0 Å². The number of alkyl carbamates (subject to hydrolysis) is 1. The van der Waals surface area contributed by atoms with E-state index in [0.717, 1.165) is 27.2 Å². The molecule has 2 aliphatic carbocycles. The third-order valence-corrected chi connectivity index (χ3v) is 6.54. The van der Waals surface area contributed by atoms with Gasteiger partial charge in [0.05, 0.1) is 0 Å². The van der Waals surface area contributed by atoms with E-state index in [1.165, 1.54) is 7.05 Å². The van der Waals surface area contributed by atoms with Gasteiger partial charge in [0.25, 0.3) is 5.92 Å². The van der Waals surface area contributed by atoms with Crippen LogP contribution < -0.4 is 5.32 Å². The van der Waals surface area contributed by atoms with Crippen LogP contribution in [0.25, 0.3) is 11.1 Å². The van der Waals surface area contributed by atoms with Gasteiger partial charge in [-0.3, -0.25) is 9.59 Å². The van der Waals surface area contributed by atoms with Crippen LogP contribution in [0.1, 0.15) is 42.7 Å². The molecule has 0 heterocycles. The van der Waals surface area contributed by atoms with Gasteiger partial charge in [0, 0.05) is 38.3 Å². The first kappa shape index (κ1) is 23.7. The third-order valence-electron chi connectivity index (χ3n) is 6.54. The van der Waals surface area contributed by atoms with Gasteiger partial charge in [-0.25, -0.2) is 13.6 Å². The Balaban J connectivity index is 1.41. The SMILES string of the molecule is CN(C(=O)C(CCC(=O)O)NC(=O)OCC1c2ccccc2-c2ccccc21)C1CC(F)(F)C1. The number of carboxylic acids is 1. The number of halogens is 2. The number of rotatable bonds is 8. The minimum Gasteiger partial charge on any atom is -0.481 e. The molecule has 7 nitrogen and oxygen atoms in total. The number of likely N-dealkylation sites (N-methyl/N-ethyl adjacent to an activating group) is 1. The molecule has 0 aliphatic heterocycles. The molecule has 0 bridgehead atoms. The first-order valence-electron chi connectivity index (χ1n) is 11.1. The molecule has 9 heteroatoms. The fraction of sp³-hybridized carbons (Fsp3) is 0.400. The van der Waals surface area contributed by atoms with Crippen molar-refractivity contribution in [2.45, 2.75) is 49.6 Å². The average Bonchev–Trinajstić information content (AvgIpc) is 3.11. The van der Waals surface area contributed by atoms with Crippen molar-refractivity contribution in [3.8, 4) is 11.1 Å². The molecule has 0 radical (unpaired) electrons. The number of nitrogens with zero attached hydrogens (tertiary/aromatic N) is 1. The summed E-state index contributed by atoms with van der Waals surface area (Å²) in [6, 6.07) is 13.8. The molecule has 2 aromatic rings. The summed E-state index contributed by atoms with van der Waals surface area (Å²) in [4.78, 5) is 37.6. The van der Waals surface area contributed by atoms with E-state index in [4.69, 9.17) is 9.84 Å². The van der Waals surface area contributed by atoms with E-state index in [0.29, 0.717) is 0 Å². The maximum atomic E-state index is 13.2. The summed E-state index contributed by atoms with van der Waals surface area (Å²) in [5, 5.41) is 11.5. The summed E-state index contributed by atoms with van der Waals surface area (Å²) in [7, 11) is 1.38. The molecule has 1 unspecified atom stereocenters. The lowest BCUT2D eigenvalue weighted by atomic mass is 9.86. The van der Waals surface area contributed by atoms with Crippen molar-refractivity contribution < 1.29 is 33.0 Å². The molecule has 2 N–H and O–H groups in total. The van der Waals surface area contributed by atoms with Crippen LogP contribution in [-0.4, -0.2) is 59.6 Å². The van der Waals surface area contributed by atoms with E-state index in [9.17, 15) is 23.2 Å². The number of ether oxygens (including phenoxy) is 1. The summed E-state index contributed by atoms with van der Waals surface area (Å²) in [6.45, 7) is 0.0321. The number of alkyl halides is 2. The summed E-state index contributed by atoms with van der Waals surface area (Å²) < 4.78 is 31.9. The van der Waals surface area contributed by atoms with Crippen molar-refractivity contribution in [2.24, 2.45) is 0 Å². The number of amides is 2. The number of fused-ring (bicyclic) bond motifs is 3. The lowest BCUT2D eigenvalue weighted by Crippen LogP contribution is -2.56. The number of carbonyl (C=O) groups excluding carboxylic acids is 2. The van der Waals surface area contributed by atoms with Crippen molar-refractivity contribution in [3.63, 3.8) is 0 Å². The van der Waals surface area contributed by atoms with Crippen LogP contribution in [0.3, 0.4) is 0 Å². The van der Waals surface area contributed by atoms with Gasteiger partial charge in [-0.2, -0.15) is 0 Å². The largest absolute Gasteiger partial charge is 0.481 e. The van der Waals surface area contributed by atoms with Crippen LogP contribution >= 0.6 is 0 Å². The van der Waals surface area contributed by atoms with Crippen LogP contribution in [0.15, 0.2) is 48.5 Å². The Morgan fingerprint density at radius 2 is 1.65 bits per heavy atom. The van der Waals surface area contributed by atoms with Gasteiger partial charge >= 0.3 is 12.1 Å². The predicted molar refractivity (Wildman–Crippen MR) is 120 cm³/mol. The quantitative estimate of drug-likeness (QED) is 0.605. The van der Waals surface area contributed by atoms with E-state index in [2.05, 4.69) is 5.32 Å². The van der Waals surface area contributed by atoms with E-state index in [1.807, 2.05) is 48.5 Å². The van der Waals surface area contributed by atoms with E-state index < -0.39 is 48.8 Å². The highest BCUT2D eigenvalue weighted by Crippen LogP contribution is 2.44. The minimum atomic E-state index is -2.81. The first-order chi connectivity index (χ1) is 16.2. The van der Waals surface area contributed by atoms with Gasteiger partial charge in [0.2, 0.25) is 5.91 Å². The Labute approximate surface area is 195 Å². The highest BCUT2D eigenvalue weighted by molar-refractivity contribution is 5.86. The Kier molecular flexibility index (Phi) is 6.54. The molecule has 2 amide bonds. The fourth-order valence-electron chi connectivity index (χ4n) is 4.64. The normalized spacial score (nSPS) is 17.1. The Morgan fingerprint density at radius 1 is 1.09 bits per heavy atom. The number of aliphatic carboxylic acids is 1. The molecule has 2 aliphatic rings. The fourth-order valence-corrected chi connectivity index (χ4v) is 4.64. The molecular formula is C25H26F2N2O5. The number of hydrogen-bond donors (Lipinski definition) is 2. The number of nitrogens with one attached hydrogen (secondary N) is 1. The Morgan fingerprint density at radius 3 is 2.18 bits per heavy atom. The highest BCUT2D eigenvalue weighted by Gasteiger charge is 2.48. The van der Waals surface area contributed by atoms with Crippen molar-refractivity contribution in [2.75, 3.05) is 13.7 Å². The molecule has 4 rings (SSSR count). The van der Waals surface area contributed by atoms with Crippen LogP contribution in [0.4, 0.5) is 13.6 Å². The summed E-state index contributed by atoms with van der Waals surface area (Å²) >= 11 is 0. The number of carboxylic acid groups (broad SMARTS) is 1. The van der Waals surface area contributed by atoms with Gasteiger partial charge in [-0.1, -0.05) is 48.5 Å². The molecule has 0 spiro atoms. The second-order valence-corrected chi connectivity index (χ2v) is 8.82. The maximum Gasteiger partial charge on any atom is 0.407 e. The number of hydrogen-bond acceptors (Lipinski definition) is 4. The summed E-state index contributed by atoms with van der Waals surface area (Å²) in [5.74, 6) is -4.73. The molecule has 1 atom stereocenters. The molecule has 34 heavy (non-hydrogen) atoms. The zero-order chi connectivity index (χ0) is 24.5. The zero-order valence-electron chi connectivity index (χ0n) is 18.7. The average molecular weight is 472 g/mol. The lowest BCUT2D eigenvalue weighted by molar-refractivity contribution is -0.152. The Bertz CT molecular complexity index is 1050. The molecule has 1 saturated carbocycles. The minimum absolute atomic E-state index is 0.0321. The second kappa shape index (κ2) is 9.40. The van der Waals surface area contributed by atoms with E-state index in [1.54, 1.807) is 0 Å². The Hall–Kier alpha value is -3.49. The molecule has 1 fully saturated rings. The first-order valence-corrected chi connectivity index (χ1v) is 11.1. The summed E-state index contributed by atoms with van der Waals surface area (Å²) in [5.41, 5.74) is 4.20. The van der Waals surface area contributed by atoms with Crippen molar-refractivity contribution in [1.29, 1.82) is 0 Å². The number of benzene rings is 2. The standard InChI is InChI=1S/C25H26F2N2O5/c1-29(15-12-25(26,27)13-15)23(32)21(10-11-22(30)31)28-24(33)34-14-20-18-8-4-2-6-16(18)17-7-3-5-9-19(17)20/h2-9,15,20-21H,10-14H2,1H3,(H,28,33)(H,30,31). The predicted octanol–water partition coefficient (Wildman–Crippen LogP) is 4.01. The molecular weight excluding hydrogens is 446 g/mol. The number of carbonyl (C=O) groups is 3. The highest BCUT2D eigenvalue weighted by atomic mass is 19.3. The van der Waals surface area contributed by atoms with Crippen molar-refractivity contribution >= 4 is 18.0 Å². The molecule has 0 saturated heterocycles. The second-order valence-electron chi connectivity index (χ2n) is 8.82. The summed E-state index contributed by atoms with van der Waals surface area (Å²) in [6.07, 6.45) is -2.31. The van der Waals surface area contributed by atoms with Gasteiger partial charge in [-0.05, 0) is 28.7 Å². The third kappa shape index (κ3) is 4.88. The van der Waals surface area contributed by atoms with Gasteiger partial charge in [0.1, 0.15) is 12.6 Å². The van der Waals surface area contributed by atoms with Crippen LogP contribution in [0, 0.1) is 0 Å². The lowest BCUT2D eigenvalue weighted by Gasteiger charge is -2.41. The molecule has 2 aromatic carbocycles. The van der Waals surface area contributed by atoms with Crippen molar-refractivity contribution in [1.82, 2.24) is 10.2 Å². The van der Waals surface area contributed by atoms with E-state index in [-0.39, 0.29) is 25.4 Å². The van der Waals surface area contributed by atoms with E-state index >= 15 is 0 Å². The molecule has 180 valence electrons. The van der Waals surface area contributed by atoms with Crippen molar-refractivity contribution in [3.05, 3.63) is 59.7 Å². The monoisotopic (exact) mass is 472 g/mol. The topological polar surface area (TPSA) is 95.9 Å². The van der Waals surface area contributed by atoms with Crippen LogP contribution in [0.2, 0.25) is 0 Å². The van der Waals surface area contributed by atoms with Gasteiger partial charge in [-0.15, -0.1) is 0 Å². The smallest absolute Gasteiger partial charge is 0.407 e. The van der Waals surface area contributed by atoms with Crippen LogP contribution in [0.5, 0.6) is 0 Å². The zero-order valence-corrected chi connectivity index (χ0v) is 18.7. The molecule has 0 aromatic heterocycles.